The van der Waals surface area contributed by atoms with Crippen LogP contribution in [0.15, 0.2) is 83.9 Å². The third kappa shape index (κ3) is 4.27. The fourth-order valence-corrected chi connectivity index (χ4v) is 3.91. The van der Waals surface area contributed by atoms with Crippen LogP contribution < -0.4 is 5.73 Å². The van der Waals surface area contributed by atoms with Gasteiger partial charge in [0.15, 0.2) is 0 Å². The highest BCUT2D eigenvalue weighted by Gasteiger charge is 2.22. The smallest absolute Gasteiger partial charge is 0.102 e. The normalized spacial score (nSPS) is 17.1. The average molecular weight is 390 g/mol. The summed E-state index contributed by atoms with van der Waals surface area (Å²) in [5.41, 5.74) is 11.7. The molecule has 0 bridgehead atoms. The van der Waals surface area contributed by atoms with Gasteiger partial charge in [0.25, 0.3) is 0 Å². The SMILES string of the molecule is Nc1ccccc1C(N=C1CCN(Cc2ccccc2Cl)C1)c1ccccc1. The summed E-state index contributed by atoms with van der Waals surface area (Å²) < 4.78 is 0. The van der Waals surface area contributed by atoms with E-state index in [9.17, 15) is 0 Å². The van der Waals surface area contributed by atoms with Gasteiger partial charge in [0, 0.05) is 41.6 Å². The van der Waals surface area contributed by atoms with Gasteiger partial charge >= 0.3 is 0 Å². The Morgan fingerprint density at radius 1 is 0.929 bits per heavy atom. The van der Waals surface area contributed by atoms with Crippen LogP contribution in [0, 0.1) is 0 Å². The van der Waals surface area contributed by atoms with E-state index in [1.165, 1.54) is 5.71 Å². The number of benzene rings is 3. The number of nitrogens with two attached hydrogens (primary N) is 1. The van der Waals surface area contributed by atoms with Crippen LogP contribution in [-0.2, 0) is 6.54 Å². The Balaban J connectivity index is 1.58. The number of anilines is 1. The average Bonchev–Trinajstić information content (AvgIpc) is 3.16. The van der Waals surface area contributed by atoms with Crippen LogP contribution in [-0.4, -0.2) is 23.7 Å². The first kappa shape index (κ1) is 18.7. The molecule has 1 heterocycles. The predicted molar refractivity (Wildman–Crippen MR) is 118 cm³/mol. The van der Waals surface area contributed by atoms with Crippen molar-refractivity contribution in [3.63, 3.8) is 0 Å². The van der Waals surface area contributed by atoms with E-state index in [0.717, 1.165) is 53.5 Å². The molecular weight excluding hydrogens is 366 g/mol. The molecule has 1 aliphatic heterocycles. The third-order valence-corrected chi connectivity index (χ3v) is 5.56. The minimum absolute atomic E-state index is 0.0716. The Bertz CT molecular complexity index is 968. The Morgan fingerprint density at radius 2 is 1.64 bits per heavy atom. The molecule has 4 rings (SSSR count). The third-order valence-electron chi connectivity index (χ3n) is 5.19. The summed E-state index contributed by atoms with van der Waals surface area (Å²) in [6, 6.07) is 26.4. The predicted octanol–water partition coefficient (Wildman–Crippen LogP) is 5.36. The van der Waals surface area contributed by atoms with Crippen LogP contribution in [0.2, 0.25) is 5.02 Å². The van der Waals surface area contributed by atoms with E-state index in [4.69, 9.17) is 22.3 Å². The summed E-state index contributed by atoms with van der Waals surface area (Å²) in [5, 5.41) is 0.826. The minimum atomic E-state index is -0.0716. The molecule has 0 saturated carbocycles. The summed E-state index contributed by atoms with van der Waals surface area (Å²) in [5.74, 6) is 0. The molecule has 1 atom stereocenters. The quantitative estimate of drug-likeness (QED) is 0.597. The summed E-state index contributed by atoms with van der Waals surface area (Å²) in [4.78, 5) is 7.55. The van der Waals surface area contributed by atoms with Gasteiger partial charge in [-0.3, -0.25) is 9.89 Å². The second-order valence-electron chi connectivity index (χ2n) is 7.19. The zero-order valence-corrected chi connectivity index (χ0v) is 16.5. The van der Waals surface area contributed by atoms with Gasteiger partial charge in [0.1, 0.15) is 6.04 Å². The van der Waals surface area contributed by atoms with Crippen molar-refractivity contribution in [3.8, 4) is 0 Å². The molecule has 4 heteroatoms. The maximum absolute atomic E-state index is 6.33. The van der Waals surface area contributed by atoms with Gasteiger partial charge in [-0.05, 0) is 29.7 Å². The van der Waals surface area contributed by atoms with Crippen molar-refractivity contribution in [3.05, 3.63) is 101 Å². The Morgan fingerprint density at radius 3 is 2.43 bits per heavy atom. The number of halogens is 1. The number of aliphatic imine (C=N–C) groups is 1. The molecule has 142 valence electrons. The number of nitrogen functional groups attached to an aromatic ring is 1. The zero-order chi connectivity index (χ0) is 19.3. The van der Waals surface area contributed by atoms with Gasteiger partial charge in [-0.1, -0.05) is 78.3 Å². The molecule has 0 spiro atoms. The summed E-state index contributed by atoms with van der Waals surface area (Å²) in [6.45, 7) is 2.71. The monoisotopic (exact) mass is 389 g/mol. The van der Waals surface area contributed by atoms with Crippen molar-refractivity contribution in [2.24, 2.45) is 4.99 Å². The molecule has 0 aromatic heterocycles. The highest BCUT2D eigenvalue weighted by molar-refractivity contribution is 6.31. The number of likely N-dealkylation sites (tertiary alicyclic amines) is 1. The molecule has 2 N–H and O–H groups in total. The molecule has 1 unspecified atom stereocenters. The van der Waals surface area contributed by atoms with E-state index in [1.807, 2.05) is 42.5 Å². The van der Waals surface area contributed by atoms with Gasteiger partial charge in [0.05, 0.1) is 0 Å². The largest absolute Gasteiger partial charge is 0.398 e. The zero-order valence-electron chi connectivity index (χ0n) is 15.8. The molecule has 3 nitrogen and oxygen atoms in total. The van der Waals surface area contributed by atoms with Crippen molar-refractivity contribution in [1.82, 2.24) is 4.90 Å². The van der Waals surface area contributed by atoms with E-state index < -0.39 is 0 Å². The lowest BCUT2D eigenvalue weighted by molar-refractivity contribution is 0.341. The van der Waals surface area contributed by atoms with Crippen molar-refractivity contribution in [1.29, 1.82) is 0 Å². The van der Waals surface area contributed by atoms with Crippen molar-refractivity contribution in [2.45, 2.75) is 19.0 Å². The molecule has 3 aromatic carbocycles. The molecule has 1 aliphatic rings. The molecule has 1 saturated heterocycles. The van der Waals surface area contributed by atoms with E-state index in [-0.39, 0.29) is 6.04 Å². The number of hydrogen-bond donors (Lipinski definition) is 1. The van der Waals surface area contributed by atoms with Crippen LogP contribution in [0.4, 0.5) is 5.69 Å². The number of rotatable bonds is 5. The summed E-state index contributed by atoms with van der Waals surface area (Å²) in [7, 11) is 0. The minimum Gasteiger partial charge on any atom is -0.398 e. The molecule has 0 aliphatic carbocycles. The topological polar surface area (TPSA) is 41.6 Å². The van der Waals surface area contributed by atoms with Gasteiger partial charge < -0.3 is 5.73 Å². The molecule has 1 fully saturated rings. The van der Waals surface area contributed by atoms with Crippen LogP contribution >= 0.6 is 11.6 Å². The van der Waals surface area contributed by atoms with Crippen molar-refractivity contribution in [2.75, 3.05) is 18.8 Å². The van der Waals surface area contributed by atoms with Crippen LogP contribution in [0.25, 0.3) is 0 Å². The number of para-hydroxylation sites is 1. The second-order valence-corrected chi connectivity index (χ2v) is 7.60. The van der Waals surface area contributed by atoms with Gasteiger partial charge in [-0.25, -0.2) is 0 Å². The lowest BCUT2D eigenvalue weighted by atomic mass is 9.97. The van der Waals surface area contributed by atoms with Gasteiger partial charge in [-0.15, -0.1) is 0 Å². The Labute approximate surface area is 171 Å². The lowest BCUT2D eigenvalue weighted by Crippen LogP contribution is -2.20. The summed E-state index contributed by atoms with van der Waals surface area (Å²) >= 11 is 6.33. The van der Waals surface area contributed by atoms with Gasteiger partial charge in [0.2, 0.25) is 0 Å². The van der Waals surface area contributed by atoms with Gasteiger partial charge in [-0.2, -0.15) is 0 Å². The highest BCUT2D eigenvalue weighted by Crippen LogP contribution is 2.31. The Hall–Kier alpha value is -2.62. The molecule has 3 aromatic rings. The van der Waals surface area contributed by atoms with E-state index >= 15 is 0 Å². The molecular formula is C24H24ClN3. The van der Waals surface area contributed by atoms with E-state index in [1.54, 1.807) is 0 Å². The first-order valence-corrected chi connectivity index (χ1v) is 9.99. The maximum Gasteiger partial charge on any atom is 0.102 e. The van der Waals surface area contributed by atoms with Crippen LogP contribution in [0.3, 0.4) is 0 Å². The first-order chi connectivity index (χ1) is 13.7. The fourth-order valence-electron chi connectivity index (χ4n) is 3.71. The van der Waals surface area contributed by atoms with E-state index in [2.05, 4.69) is 41.3 Å². The van der Waals surface area contributed by atoms with E-state index in [0.29, 0.717) is 0 Å². The number of nitrogens with zero attached hydrogens (tertiary/aromatic N) is 2. The molecule has 28 heavy (non-hydrogen) atoms. The standard InChI is InChI=1S/C24H24ClN3/c25-22-12-6-4-10-19(22)16-28-15-14-20(17-28)27-24(18-8-2-1-3-9-18)21-11-5-7-13-23(21)26/h1-13,24H,14-17,26H2. The number of hydrogen-bond acceptors (Lipinski definition) is 3. The molecule has 0 amide bonds. The first-order valence-electron chi connectivity index (χ1n) is 9.61. The second kappa shape index (κ2) is 8.59. The highest BCUT2D eigenvalue weighted by atomic mass is 35.5. The van der Waals surface area contributed by atoms with Crippen molar-refractivity contribution >= 4 is 23.0 Å². The van der Waals surface area contributed by atoms with Crippen molar-refractivity contribution < 1.29 is 0 Å². The summed E-state index contributed by atoms with van der Waals surface area (Å²) in [6.07, 6.45) is 0.973. The maximum atomic E-state index is 6.33. The van der Waals surface area contributed by atoms with Crippen LogP contribution in [0.1, 0.15) is 29.2 Å². The Kier molecular flexibility index (Phi) is 5.75. The van der Waals surface area contributed by atoms with Crippen LogP contribution in [0.5, 0.6) is 0 Å². The fraction of sp³-hybridized carbons (Fsp3) is 0.208. The lowest BCUT2D eigenvalue weighted by Gasteiger charge is -2.18. The molecule has 0 radical (unpaired) electrons.